The molecule has 1 unspecified atom stereocenters. The lowest BCUT2D eigenvalue weighted by molar-refractivity contribution is 0.0949. The van der Waals surface area contributed by atoms with E-state index >= 15 is 0 Å². The third-order valence-corrected chi connectivity index (χ3v) is 4.84. The highest BCUT2D eigenvalue weighted by atomic mass is 35.5. The first-order chi connectivity index (χ1) is 13.8. The van der Waals surface area contributed by atoms with E-state index in [2.05, 4.69) is 20.9 Å². The van der Waals surface area contributed by atoms with Gasteiger partial charge in [-0.05, 0) is 43.2 Å². The summed E-state index contributed by atoms with van der Waals surface area (Å²) in [5, 5.41) is 8.73. The molecule has 0 radical (unpaired) electrons. The maximum Gasteiger partial charge on any atom is 0.319 e. The number of likely N-dealkylation sites (N-methyl/N-ethyl adjacent to an activating group) is 1. The van der Waals surface area contributed by atoms with Gasteiger partial charge in [0, 0.05) is 37.6 Å². The molecule has 156 valence electrons. The van der Waals surface area contributed by atoms with Crippen molar-refractivity contribution in [2.24, 2.45) is 5.92 Å². The van der Waals surface area contributed by atoms with Crippen LogP contribution in [0.15, 0.2) is 48.5 Å². The first-order valence-electron chi connectivity index (χ1n) is 9.68. The zero-order valence-electron chi connectivity index (χ0n) is 17.3. The normalized spacial score (nSPS) is 11.7. The summed E-state index contributed by atoms with van der Waals surface area (Å²) in [6, 6.07) is 14.6. The highest BCUT2D eigenvalue weighted by Crippen LogP contribution is 2.21. The highest BCUT2D eigenvalue weighted by Gasteiger charge is 2.14. The minimum absolute atomic E-state index is 0.110. The van der Waals surface area contributed by atoms with Gasteiger partial charge < -0.3 is 20.9 Å². The van der Waals surface area contributed by atoms with E-state index < -0.39 is 0 Å². The number of para-hydroxylation sites is 1. The minimum Gasteiger partial charge on any atom is -0.370 e. The van der Waals surface area contributed by atoms with Crippen LogP contribution in [-0.4, -0.2) is 38.1 Å². The summed E-state index contributed by atoms with van der Waals surface area (Å²) < 4.78 is 0. The Labute approximate surface area is 177 Å². The summed E-state index contributed by atoms with van der Waals surface area (Å²) in [6.07, 6.45) is 0. The van der Waals surface area contributed by atoms with Gasteiger partial charge in [0.25, 0.3) is 5.91 Å². The maximum atomic E-state index is 12.2. The Hall–Kier alpha value is -2.73. The monoisotopic (exact) mass is 416 g/mol. The number of amides is 3. The van der Waals surface area contributed by atoms with E-state index in [4.69, 9.17) is 11.6 Å². The number of nitrogens with zero attached hydrogens (tertiary/aromatic N) is 1. The van der Waals surface area contributed by atoms with Crippen molar-refractivity contribution in [3.63, 3.8) is 0 Å². The molecule has 0 aliphatic rings. The number of anilines is 2. The van der Waals surface area contributed by atoms with Gasteiger partial charge in [-0.1, -0.05) is 43.6 Å². The van der Waals surface area contributed by atoms with E-state index in [1.165, 1.54) is 0 Å². The summed E-state index contributed by atoms with van der Waals surface area (Å²) in [4.78, 5) is 26.5. The lowest BCUT2D eigenvalue weighted by Crippen LogP contribution is -2.41. The quantitative estimate of drug-likeness (QED) is 0.598. The Morgan fingerprint density at radius 1 is 1.00 bits per heavy atom. The van der Waals surface area contributed by atoms with Crippen molar-refractivity contribution >= 4 is 34.9 Å². The van der Waals surface area contributed by atoms with Gasteiger partial charge >= 0.3 is 6.03 Å². The van der Waals surface area contributed by atoms with Crippen molar-refractivity contribution in [2.75, 3.05) is 30.4 Å². The Bertz CT molecular complexity index is 827. The Balaban J connectivity index is 1.87. The molecule has 0 saturated carbocycles. The molecule has 2 aromatic carbocycles. The summed E-state index contributed by atoms with van der Waals surface area (Å²) in [5.74, 6) is 0.128. The fourth-order valence-corrected chi connectivity index (χ4v) is 2.91. The van der Waals surface area contributed by atoms with Crippen molar-refractivity contribution in [1.29, 1.82) is 0 Å². The second kappa shape index (κ2) is 10.7. The van der Waals surface area contributed by atoms with Crippen LogP contribution >= 0.6 is 11.6 Å². The number of carbonyl (C=O) groups excluding carboxylic acids is 2. The van der Waals surface area contributed by atoms with E-state index in [0.29, 0.717) is 35.3 Å². The second-order valence-corrected chi connectivity index (χ2v) is 7.84. The van der Waals surface area contributed by atoms with Crippen molar-refractivity contribution < 1.29 is 9.59 Å². The van der Waals surface area contributed by atoms with Gasteiger partial charge in [-0.15, -0.1) is 0 Å². The molecule has 1 atom stereocenters. The summed E-state index contributed by atoms with van der Waals surface area (Å²) >= 11 is 6.22. The summed E-state index contributed by atoms with van der Waals surface area (Å²) in [5.41, 5.74) is 1.99. The zero-order valence-corrected chi connectivity index (χ0v) is 18.1. The number of nitrogens with one attached hydrogen (secondary N) is 3. The lowest BCUT2D eigenvalue weighted by Gasteiger charge is -2.27. The van der Waals surface area contributed by atoms with Gasteiger partial charge in [0.05, 0.1) is 10.6 Å². The predicted molar refractivity (Wildman–Crippen MR) is 120 cm³/mol. The van der Waals surface area contributed by atoms with Crippen molar-refractivity contribution in [1.82, 2.24) is 10.6 Å². The molecule has 2 rings (SSSR count). The minimum atomic E-state index is -0.327. The molecule has 3 amide bonds. The van der Waals surface area contributed by atoms with Crippen LogP contribution in [0.25, 0.3) is 0 Å². The van der Waals surface area contributed by atoms with Crippen LogP contribution in [0.4, 0.5) is 16.2 Å². The Kier molecular flexibility index (Phi) is 8.34. The van der Waals surface area contributed by atoms with Crippen LogP contribution in [0.2, 0.25) is 5.02 Å². The van der Waals surface area contributed by atoms with Crippen molar-refractivity contribution in [3.05, 3.63) is 59.1 Å². The van der Waals surface area contributed by atoms with Crippen LogP contribution < -0.4 is 20.9 Å². The smallest absolute Gasteiger partial charge is 0.319 e. The highest BCUT2D eigenvalue weighted by molar-refractivity contribution is 6.34. The molecule has 0 bridgehead atoms. The molecule has 29 heavy (non-hydrogen) atoms. The molecular weight excluding hydrogens is 388 g/mol. The molecule has 0 spiro atoms. The standard InChI is InChI=1S/C22H29ClN4O2/c1-15(2)13-24-21(28)19-11-10-17(12-20(19)23)26-22(29)25-14-16(3)27(4)18-8-6-5-7-9-18/h5-12,15-16H,13-14H2,1-4H3,(H,24,28)(H2,25,26,29). The summed E-state index contributed by atoms with van der Waals surface area (Å²) in [7, 11) is 1.99. The number of hydrogen-bond acceptors (Lipinski definition) is 3. The van der Waals surface area contributed by atoms with E-state index in [9.17, 15) is 9.59 Å². The third-order valence-electron chi connectivity index (χ3n) is 4.53. The van der Waals surface area contributed by atoms with E-state index in [0.717, 1.165) is 5.69 Å². The second-order valence-electron chi connectivity index (χ2n) is 7.43. The zero-order chi connectivity index (χ0) is 21.4. The topological polar surface area (TPSA) is 73.5 Å². The molecule has 0 aromatic heterocycles. The van der Waals surface area contributed by atoms with E-state index in [-0.39, 0.29) is 18.0 Å². The average Bonchev–Trinajstić information content (AvgIpc) is 2.70. The number of benzene rings is 2. The number of carbonyl (C=O) groups is 2. The van der Waals surface area contributed by atoms with Gasteiger partial charge in [-0.25, -0.2) is 4.79 Å². The maximum absolute atomic E-state index is 12.2. The fraction of sp³-hybridized carbons (Fsp3) is 0.364. The van der Waals surface area contributed by atoms with Crippen LogP contribution in [0, 0.1) is 5.92 Å². The molecule has 2 aromatic rings. The molecular formula is C22H29ClN4O2. The fourth-order valence-electron chi connectivity index (χ4n) is 2.64. The SMILES string of the molecule is CC(C)CNC(=O)c1ccc(NC(=O)NCC(C)N(C)c2ccccc2)cc1Cl. The number of urea groups is 1. The number of halogens is 1. The van der Waals surface area contributed by atoms with Crippen molar-refractivity contribution in [3.8, 4) is 0 Å². The first kappa shape index (κ1) is 22.6. The first-order valence-corrected chi connectivity index (χ1v) is 10.1. The largest absolute Gasteiger partial charge is 0.370 e. The molecule has 0 heterocycles. The number of hydrogen-bond donors (Lipinski definition) is 3. The molecule has 0 saturated heterocycles. The van der Waals surface area contributed by atoms with Gasteiger partial charge in [0.1, 0.15) is 0 Å². The van der Waals surface area contributed by atoms with Crippen LogP contribution in [-0.2, 0) is 0 Å². The Morgan fingerprint density at radius 3 is 2.31 bits per heavy atom. The number of rotatable bonds is 8. The van der Waals surface area contributed by atoms with Gasteiger partial charge in [-0.3, -0.25) is 4.79 Å². The third kappa shape index (κ3) is 6.98. The van der Waals surface area contributed by atoms with Crippen LogP contribution in [0.1, 0.15) is 31.1 Å². The molecule has 0 fully saturated rings. The van der Waals surface area contributed by atoms with Crippen LogP contribution in [0.5, 0.6) is 0 Å². The van der Waals surface area contributed by atoms with Crippen LogP contribution in [0.3, 0.4) is 0 Å². The van der Waals surface area contributed by atoms with Crippen molar-refractivity contribution in [2.45, 2.75) is 26.8 Å². The Morgan fingerprint density at radius 2 is 1.69 bits per heavy atom. The molecule has 6 nitrogen and oxygen atoms in total. The molecule has 0 aliphatic heterocycles. The molecule has 3 N–H and O–H groups in total. The molecule has 7 heteroatoms. The van der Waals surface area contributed by atoms with Gasteiger partial charge in [0.15, 0.2) is 0 Å². The summed E-state index contributed by atoms with van der Waals surface area (Å²) in [6.45, 7) is 7.13. The average molecular weight is 417 g/mol. The predicted octanol–water partition coefficient (Wildman–Crippen LogP) is 4.37. The van der Waals surface area contributed by atoms with E-state index in [1.54, 1.807) is 18.2 Å². The van der Waals surface area contributed by atoms with E-state index in [1.807, 2.05) is 58.2 Å². The lowest BCUT2D eigenvalue weighted by atomic mass is 10.1. The molecule has 0 aliphatic carbocycles. The van der Waals surface area contributed by atoms with Gasteiger partial charge in [0.2, 0.25) is 0 Å². The van der Waals surface area contributed by atoms with Gasteiger partial charge in [-0.2, -0.15) is 0 Å².